The molecule has 0 aromatic heterocycles. The maximum atomic E-state index is 12.1. The Balaban J connectivity index is 2.74. The summed E-state index contributed by atoms with van der Waals surface area (Å²) in [6.45, 7) is 0. The van der Waals surface area contributed by atoms with E-state index in [-0.39, 0.29) is 5.88 Å². The normalized spacial score (nSPS) is 12.9. The summed E-state index contributed by atoms with van der Waals surface area (Å²) in [6.07, 6.45) is -3.09. The Morgan fingerprint density at radius 3 is 2.21 bits per heavy atom. The van der Waals surface area contributed by atoms with Crippen LogP contribution in [0.5, 0.6) is 5.75 Å². The maximum Gasteiger partial charge on any atom is 0.430 e. The van der Waals surface area contributed by atoms with Crippen LogP contribution in [0, 0.1) is 11.3 Å². The van der Waals surface area contributed by atoms with E-state index in [1.807, 2.05) is 6.07 Å². The van der Waals surface area contributed by atoms with Gasteiger partial charge in [0.2, 0.25) is 0 Å². The van der Waals surface area contributed by atoms with E-state index in [1.165, 1.54) is 24.3 Å². The lowest BCUT2D eigenvalue weighted by Gasteiger charge is -2.06. The topological polar surface area (TPSA) is 85.1 Å². The van der Waals surface area contributed by atoms with Crippen LogP contribution < -0.4 is 16.2 Å². The molecule has 0 saturated heterocycles. The number of benzene rings is 1. The molecule has 0 spiro atoms. The first-order valence-electron chi connectivity index (χ1n) is 5.01. The lowest BCUT2D eigenvalue weighted by atomic mass is 10.2. The molecule has 7 heteroatoms. The van der Waals surface area contributed by atoms with Gasteiger partial charge in [-0.25, -0.2) is 0 Å². The zero-order chi connectivity index (χ0) is 14.5. The smallest absolute Gasteiger partial charge is 0.430 e. The van der Waals surface area contributed by atoms with Crippen LogP contribution in [-0.2, 0) is 0 Å². The van der Waals surface area contributed by atoms with Crippen molar-refractivity contribution in [2.24, 2.45) is 11.5 Å². The van der Waals surface area contributed by atoms with Crippen LogP contribution in [0.25, 0.3) is 0 Å². The largest absolute Gasteiger partial charge is 0.442 e. The fourth-order valence-corrected chi connectivity index (χ4v) is 1.03. The Labute approximate surface area is 107 Å². The molecule has 100 valence electrons. The van der Waals surface area contributed by atoms with Gasteiger partial charge in [-0.15, -0.1) is 0 Å². The maximum absolute atomic E-state index is 12.1. The third-order valence-electron chi connectivity index (χ3n) is 1.97. The molecular formula is C12H10F3N3O. The summed E-state index contributed by atoms with van der Waals surface area (Å²) in [4.78, 5) is 0. The molecule has 1 aromatic carbocycles. The van der Waals surface area contributed by atoms with Crippen molar-refractivity contribution in [3.63, 3.8) is 0 Å². The molecule has 1 aromatic rings. The van der Waals surface area contributed by atoms with Crippen LogP contribution >= 0.6 is 0 Å². The minimum Gasteiger partial charge on any atom is -0.442 e. The monoisotopic (exact) mass is 269 g/mol. The number of hydrogen-bond donors (Lipinski definition) is 2. The second-order valence-corrected chi connectivity index (χ2v) is 3.43. The second kappa shape index (κ2) is 5.82. The average molecular weight is 269 g/mol. The molecule has 4 nitrogen and oxygen atoms in total. The van der Waals surface area contributed by atoms with Gasteiger partial charge < -0.3 is 16.2 Å². The Morgan fingerprint density at radius 2 is 1.74 bits per heavy atom. The highest BCUT2D eigenvalue weighted by atomic mass is 19.4. The van der Waals surface area contributed by atoms with E-state index in [4.69, 9.17) is 21.5 Å². The summed E-state index contributed by atoms with van der Waals surface area (Å²) < 4.78 is 41.3. The number of nitrogens with two attached hydrogens (primary N) is 2. The fraction of sp³-hybridized carbons (Fsp3) is 0.0833. The molecule has 4 N–H and O–H groups in total. The van der Waals surface area contributed by atoms with E-state index in [2.05, 4.69) is 0 Å². The molecular weight excluding hydrogens is 259 g/mol. The molecule has 0 saturated carbocycles. The van der Waals surface area contributed by atoms with Crippen molar-refractivity contribution in [2.75, 3.05) is 0 Å². The Morgan fingerprint density at radius 1 is 1.16 bits per heavy atom. The highest BCUT2D eigenvalue weighted by molar-refractivity contribution is 5.35. The van der Waals surface area contributed by atoms with Gasteiger partial charge in [0.25, 0.3) is 0 Å². The molecule has 0 radical (unpaired) electrons. The van der Waals surface area contributed by atoms with Gasteiger partial charge in [-0.05, 0) is 30.3 Å². The molecule has 0 fully saturated rings. The van der Waals surface area contributed by atoms with Crippen LogP contribution in [0.2, 0.25) is 0 Å². The first kappa shape index (κ1) is 14.4. The molecule has 19 heavy (non-hydrogen) atoms. The van der Waals surface area contributed by atoms with Crippen molar-refractivity contribution in [2.45, 2.75) is 6.18 Å². The van der Waals surface area contributed by atoms with E-state index in [0.29, 0.717) is 17.4 Å². The van der Waals surface area contributed by atoms with E-state index in [0.717, 1.165) is 6.08 Å². The lowest BCUT2D eigenvalue weighted by Crippen LogP contribution is -2.19. The van der Waals surface area contributed by atoms with Gasteiger partial charge in [0.1, 0.15) is 11.4 Å². The average Bonchev–Trinajstić information content (AvgIpc) is 2.35. The van der Waals surface area contributed by atoms with Crippen molar-refractivity contribution in [1.29, 1.82) is 5.26 Å². The van der Waals surface area contributed by atoms with Crippen LogP contribution in [-0.4, -0.2) is 6.18 Å². The number of allylic oxidation sites excluding steroid dienone is 3. The Hall–Kier alpha value is -2.62. The SMILES string of the molecule is N#Cc1ccc(O/C(N)=C/C=C(\N)C(F)(F)F)cc1. The number of hydrogen-bond acceptors (Lipinski definition) is 4. The standard InChI is InChI=1S/C12H10F3N3O/c13-12(14,15)10(17)5-6-11(18)19-9-3-1-8(7-16)2-4-9/h1-6H,17-18H2/b10-5-,11-6+. The van der Waals surface area contributed by atoms with Gasteiger partial charge in [0.05, 0.1) is 11.6 Å². The molecule has 0 unspecified atom stereocenters. The Kier molecular flexibility index (Phi) is 4.42. The lowest BCUT2D eigenvalue weighted by molar-refractivity contribution is -0.0926. The molecule has 1 rings (SSSR count). The van der Waals surface area contributed by atoms with Crippen molar-refractivity contribution in [3.05, 3.63) is 53.6 Å². The van der Waals surface area contributed by atoms with E-state index < -0.39 is 11.9 Å². The van der Waals surface area contributed by atoms with Gasteiger partial charge in [0.15, 0.2) is 5.88 Å². The summed E-state index contributed by atoms with van der Waals surface area (Å²) in [7, 11) is 0. The van der Waals surface area contributed by atoms with Crippen molar-refractivity contribution >= 4 is 0 Å². The van der Waals surface area contributed by atoms with E-state index in [1.54, 1.807) is 0 Å². The molecule has 0 aliphatic heterocycles. The minimum absolute atomic E-state index is 0.253. The van der Waals surface area contributed by atoms with Crippen LogP contribution in [0.1, 0.15) is 5.56 Å². The predicted octanol–water partition coefficient (Wildman–Crippen LogP) is 2.14. The first-order valence-corrected chi connectivity index (χ1v) is 5.01. The summed E-state index contributed by atoms with van der Waals surface area (Å²) >= 11 is 0. The van der Waals surface area contributed by atoms with Gasteiger partial charge in [-0.2, -0.15) is 18.4 Å². The van der Waals surface area contributed by atoms with Crippen LogP contribution in [0.15, 0.2) is 48.0 Å². The summed E-state index contributed by atoms with van der Waals surface area (Å²) in [5, 5.41) is 8.58. The van der Waals surface area contributed by atoms with E-state index >= 15 is 0 Å². The molecule has 0 bridgehead atoms. The minimum atomic E-state index is -4.61. The summed E-state index contributed by atoms with van der Waals surface area (Å²) in [5.41, 5.74) is 9.30. The van der Waals surface area contributed by atoms with Crippen LogP contribution in [0.4, 0.5) is 13.2 Å². The number of alkyl halides is 3. The molecule has 0 aliphatic carbocycles. The molecule has 0 atom stereocenters. The number of rotatable bonds is 3. The summed E-state index contributed by atoms with van der Waals surface area (Å²) in [5.74, 6) is 0.0450. The molecule has 0 amide bonds. The van der Waals surface area contributed by atoms with Gasteiger partial charge >= 0.3 is 6.18 Å². The van der Waals surface area contributed by atoms with Gasteiger partial charge in [-0.1, -0.05) is 0 Å². The number of nitrogens with zero attached hydrogens (tertiary/aromatic N) is 1. The molecule has 0 heterocycles. The van der Waals surface area contributed by atoms with Crippen molar-refractivity contribution < 1.29 is 17.9 Å². The quantitative estimate of drug-likeness (QED) is 0.650. The number of nitriles is 1. The third kappa shape index (κ3) is 4.63. The number of halogens is 3. The van der Waals surface area contributed by atoms with Gasteiger partial charge in [-0.3, -0.25) is 0 Å². The molecule has 0 aliphatic rings. The van der Waals surface area contributed by atoms with E-state index in [9.17, 15) is 13.2 Å². The second-order valence-electron chi connectivity index (χ2n) is 3.43. The zero-order valence-electron chi connectivity index (χ0n) is 9.61. The van der Waals surface area contributed by atoms with Crippen molar-refractivity contribution in [3.8, 4) is 11.8 Å². The van der Waals surface area contributed by atoms with Crippen LogP contribution in [0.3, 0.4) is 0 Å². The summed E-state index contributed by atoms with van der Waals surface area (Å²) in [6, 6.07) is 7.83. The number of ether oxygens (including phenoxy) is 1. The highest BCUT2D eigenvalue weighted by Gasteiger charge is 2.30. The third-order valence-corrected chi connectivity index (χ3v) is 1.97. The van der Waals surface area contributed by atoms with Gasteiger partial charge in [0, 0.05) is 6.08 Å². The predicted molar refractivity (Wildman–Crippen MR) is 62.4 cm³/mol. The first-order chi connectivity index (χ1) is 8.82. The fourth-order valence-electron chi connectivity index (χ4n) is 1.03. The highest BCUT2D eigenvalue weighted by Crippen LogP contribution is 2.21. The Bertz CT molecular complexity index is 539. The zero-order valence-corrected chi connectivity index (χ0v) is 9.61. The van der Waals surface area contributed by atoms with Crippen molar-refractivity contribution in [1.82, 2.24) is 0 Å².